The van der Waals surface area contributed by atoms with Crippen molar-refractivity contribution in [2.45, 2.75) is 44.8 Å². The number of nitrogens with one attached hydrogen (secondary N) is 2. The normalized spacial score (nSPS) is 22.8. The maximum atomic E-state index is 13.0. The summed E-state index contributed by atoms with van der Waals surface area (Å²) in [5.41, 5.74) is 1.26. The molecule has 2 amide bonds. The van der Waals surface area contributed by atoms with Gasteiger partial charge in [0, 0.05) is 37.0 Å². The van der Waals surface area contributed by atoms with Crippen LogP contribution in [0.2, 0.25) is 0 Å². The van der Waals surface area contributed by atoms with E-state index in [1.165, 1.54) is 0 Å². The summed E-state index contributed by atoms with van der Waals surface area (Å²) in [7, 11) is 0. The smallest absolute Gasteiger partial charge is 0.254 e. The lowest BCUT2D eigenvalue weighted by Crippen LogP contribution is -2.42. The Morgan fingerprint density at radius 3 is 2.92 bits per heavy atom. The van der Waals surface area contributed by atoms with Gasteiger partial charge in [-0.3, -0.25) is 9.59 Å². The van der Waals surface area contributed by atoms with Gasteiger partial charge in [0.25, 0.3) is 11.8 Å². The first-order chi connectivity index (χ1) is 12.2. The number of rotatable bonds is 6. The van der Waals surface area contributed by atoms with Gasteiger partial charge >= 0.3 is 0 Å². The number of amides is 2. The van der Waals surface area contributed by atoms with E-state index in [9.17, 15) is 9.59 Å². The lowest BCUT2D eigenvalue weighted by Gasteiger charge is -2.28. The van der Waals surface area contributed by atoms with Crippen molar-refractivity contribution in [1.29, 1.82) is 0 Å². The first-order valence-corrected chi connectivity index (χ1v) is 9.23. The highest BCUT2D eigenvalue weighted by Gasteiger charge is 2.27. The van der Waals surface area contributed by atoms with Crippen LogP contribution in [-0.4, -0.2) is 55.1 Å². The highest BCUT2D eigenvalue weighted by molar-refractivity contribution is 5.98. The van der Waals surface area contributed by atoms with Gasteiger partial charge in [0.15, 0.2) is 0 Å². The van der Waals surface area contributed by atoms with E-state index in [4.69, 9.17) is 4.74 Å². The molecule has 1 aromatic rings. The highest BCUT2D eigenvalue weighted by atomic mass is 16.5. The van der Waals surface area contributed by atoms with Gasteiger partial charge in [-0.2, -0.15) is 0 Å². The fraction of sp³-hybridized carbons (Fsp3) is 0.579. The Labute approximate surface area is 148 Å². The molecule has 6 nitrogen and oxygen atoms in total. The van der Waals surface area contributed by atoms with Crippen molar-refractivity contribution >= 4 is 17.5 Å². The Balaban J connectivity index is 1.70. The summed E-state index contributed by atoms with van der Waals surface area (Å²) in [6.07, 6.45) is 3.21. The number of hydrogen-bond acceptors (Lipinski definition) is 4. The quantitative estimate of drug-likeness (QED) is 0.827. The highest BCUT2D eigenvalue weighted by Crippen LogP contribution is 2.19. The van der Waals surface area contributed by atoms with Crippen molar-refractivity contribution in [3.8, 4) is 0 Å². The summed E-state index contributed by atoms with van der Waals surface area (Å²) in [6.45, 7) is 5.27. The van der Waals surface area contributed by atoms with Crippen molar-refractivity contribution in [1.82, 2.24) is 10.2 Å². The van der Waals surface area contributed by atoms with Crippen LogP contribution in [0.25, 0.3) is 0 Å². The van der Waals surface area contributed by atoms with E-state index in [1.54, 1.807) is 6.07 Å². The van der Waals surface area contributed by atoms with Gasteiger partial charge in [-0.25, -0.2) is 0 Å². The molecule has 2 saturated heterocycles. The lowest BCUT2D eigenvalue weighted by molar-refractivity contribution is -0.124. The summed E-state index contributed by atoms with van der Waals surface area (Å²) in [5, 5.41) is 6.19. The van der Waals surface area contributed by atoms with Crippen LogP contribution < -0.4 is 10.6 Å². The zero-order valence-electron chi connectivity index (χ0n) is 14.8. The topological polar surface area (TPSA) is 70.7 Å². The van der Waals surface area contributed by atoms with Crippen molar-refractivity contribution in [2.24, 2.45) is 0 Å². The fourth-order valence-corrected chi connectivity index (χ4v) is 3.50. The predicted octanol–water partition coefficient (Wildman–Crippen LogP) is 2.02. The van der Waals surface area contributed by atoms with Crippen LogP contribution in [0.15, 0.2) is 24.3 Å². The zero-order chi connectivity index (χ0) is 17.6. The molecule has 2 unspecified atom stereocenters. The minimum absolute atomic E-state index is 0.0313. The van der Waals surface area contributed by atoms with Gasteiger partial charge < -0.3 is 20.3 Å². The van der Waals surface area contributed by atoms with E-state index < -0.39 is 0 Å². The molecular weight excluding hydrogens is 318 g/mol. The first kappa shape index (κ1) is 17.9. The third kappa shape index (κ3) is 4.38. The second-order valence-electron chi connectivity index (χ2n) is 6.72. The van der Waals surface area contributed by atoms with Gasteiger partial charge in [-0.1, -0.05) is 13.0 Å². The van der Waals surface area contributed by atoms with E-state index in [0.29, 0.717) is 17.9 Å². The molecule has 25 heavy (non-hydrogen) atoms. The van der Waals surface area contributed by atoms with E-state index >= 15 is 0 Å². The molecule has 0 aliphatic carbocycles. The average molecular weight is 345 g/mol. The van der Waals surface area contributed by atoms with Gasteiger partial charge in [-0.15, -0.1) is 0 Å². The molecule has 0 bridgehead atoms. The number of nitrogens with zero attached hydrogens (tertiary/aromatic N) is 1. The van der Waals surface area contributed by atoms with Crippen LogP contribution in [0.5, 0.6) is 0 Å². The maximum Gasteiger partial charge on any atom is 0.254 e. The number of benzene rings is 1. The second-order valence-corrected chi connectivity index (χ2v) is 6.72. The Kier molecular flexibility index (Phi) is 6.04. The van der Waals surface area contributed by atoms with Gasteiger partial charge in [0.05, 0.1) is 0 Å². The minimum atomic E-state index is -0.375. The van der Waals surface area contributed by atoms with Crippen molar-refractivity contribution < 1.29 is 14.3 Å². The molecule has 6 heteroatoms. The number of anilines is 1. The Morgan fingerprint density at radius 1 is 1.36 bits per heavy atom. The predicted molar refractivity (Wildman–Crippen MR) is 96.6 cm³/mol. The fourth-order valence-electron chi connectivity index (χ4n) is 3.50. The van der Waals surface area contributed by atoms with Crippen LogP contribution in [0.1, 0.15) is 43.0 Å². The molecule has 0 radical (unpaired) electrons. The van der Waals surface area contributed by atoms with E-state index in [2.05, 4.69) is 17.6 Å². The van der Waals surface area contributed by atoms with Crippen molar-refractivity contribution in [3.05, 3.63) is 29.8 Å². The van der Waals surface area contributed by atoms with Gasteiger partial charge in [-0.05, 0) is 50.4 Å². The molecule has 0 spiro atoms. The number of ether oxygens (including phenoxy) is 1. The first-order valence-electron chi connectivity index (χ1n) is 9.23. The minimum Gasteiger partial charge on any atom is -0.368 e. The molecule has 2 aliphatic rings. The Morgan fingerprint density at radius 2 is 2.24 bits per heavy atom. The molecule has 2 fully saturated rings. The zero-order valence-corrected chi connectivity index (χ0v) is 14.8. The molecular formula is C19H27N3O3. The molecule has 2 atom stereocenters. The van der Waals surface area contributed by atoms with Crippen molar-refractivity contribution in [3.63, 3.8) is 0 Å². The average Bonchev–Trinajstić information content (AvgIpc) is 3.32. The van der Waals surface area contributed by atoms with Gasteiger partial charge in [0.2, 0.25) is 0 Å². The largest absolute Gasteiger partial charge is 0.368 e. The molecule has 136 valence electrons. The summed E-state index contributed by atoms with van der Waals surface area (Å²) in [4.78, 5) is 27.1. The standard InChI is InChI=1S/C19H27N3O3/c1-2-10-22(16-8-9-20-13-16)19(24)14-5-3-6-15(12-14)21-18(23)17-7-4-11-25-17/h3,5-6,12,16-17,20H,2,4,7-11,13H2,1H3,(H,21,23). The molecule has 2 heterocycles. The summed E-state index contributed by atoms with van der Waals surface area (Å²) < 4.78 is 5.41. The van der Waals surface area contributed by atoms with E-state index in [0.717, 1.165) is 45.3 Å². The van der Waals surface area contributed by atoms with E-state index in [-0.39, 0.29) is 24.0 Å². The Bertz CT molecular complexity index is 608. The Hall–Kier alpha value is -1.92. The SMILES string of the molecule is CCCN(C(=O)c1cccc(NC(=O)C2CCCO2)c1)C1CCNC1. The summed E-state index contributed by atoms with van der Waals surface area (Å²) in [5.74, 6) is -0.101. The second kappa shape index (κ2) is 8.45. The molecule has 0 aromatic heterocycles. The maximum absolute atomic E-state index is 13.0. The monoisotopic (exact) mass is 345 g/mol. The number of hydrogen-bond donors (Lipinski definition) is 2. The van der Waals surface area contributed by atoms with Crippen molar-refractivity contribution in [2.75, 3.05) is 31.6 Å². The van der Waals surface area contributed by atoms with E-state index in [1.807, 2.05) is 23.1 Å². The molecule has 0 saturated carbocycles. The number of carbonyl (C=O) groups is 2. The molecule has 2 aliphatic heterocycles. The van der Waals surface area contributed by atoms with Gasteiger partial charge in [0.1, 0.15) is 6.10 Å². The van der Waals surface area contributed by atoms with Crippen LogP contribution in [0.3, 0.4) is 0 Å². The molecule has 2 N–H and O–H groups in total. The van der Waals surface area contributed by atoms with Crippen LogP contribution in [0, 0.1) is 0 Å². The lowest BCUT2D eigenvalue weighted by atomic mass is 10.1. The third-order valence-electron chi connectivity index (χ3n) is 4.80. The molecule has 3 rings (SSSR count). The van der Waals surface area contributed by atoms with Crippen LogP contribution in [-0.2, 0) is 9.53 Å². The summed E-state index contributed by atoms with van der Waals surface area (Å²) >= 11 is 0. The van der Waals surface area contributed by atoms with Crippen LogP contribution in [0.4, 0.5) is 5.69 Å². The van der Waals surface area contributed by atoms with Crippen LogP contribution >= 0.6 is 0 Å². The number of carbonyl (C=O) groups excluding carboxylic acids is 2. The molecule has 1 aromatic carbocycles. The summed E-state index contributed by atoms with van der Waals surface area (Å²) in [6, 6.07) is 7.45. The third-order valence-corrected chi connectivity index (χ3v) is 4.80.